The average Bonchev–Trinajstić information content (AvgIpc) is 3.20. The van der Waals surface area contributed by atoms with E-state index in [9.17, 15) is 0 Å². The van der Waals surface area contributed by atoms with Crippen molar-refractivity contribution in [2.45, 2.75) is 39.0 Å². The first-order valence-electron chi connectivity index (χ1n) is 6.90. The maximum absolute atomic E-state index is 5.86. The fourth-order valence-electron chi connectivity index (χ4n) is 2.04. The third-order valence-corrected chi connectivity index (χ3v) is 4.77. The van der Waals surface area contributed by atoms with Crippen LogP contribution in [-0.2, 0) is 13.2 Å². The molecule has 0 bridgehead atoms. The van der Waals surface area contributed by atoms with E-state index in [4.69, 9.17) is 16.3 Å². The fraction of sp³-hybridized carbons (Fsp3) is 0.375. The first-order valence-corrected chi connectivity index (χ1v) is 8.10. The Balaban J connectivity index is 1.57. The van der Waals surface area contributed by atoms with Crippen LogP contribution in [0.4, 0.5) is 0 Å². The number of hydrogen-bond donors (Lipinski definition) is 1. The van der Waals surface area contributed by atoms with Crippen LogP contribution in [-0.4, -0.2) is 6.04 Å². The third kappa shape index (κ3) is 3.75. The zero-order chi connectivity index (χ0) is 13.9. The van der Waals surface area contributed by atoms with Gasteiger partial charge in [0.1, 0.15) is 12.4 Å². The lowest BCUT2D eigenvalue weighted by molar-refractivity contribution is 0.306. The van der Waals surface area contributed by atoms with Gasteiger partial charge in [-0.15, -0.1) is 11.3 Å². The summed E-state index contributed by atoms with van der Waals surface area (Å²) in [5, 5.41) is 4.28. The molecular weight excluding hydrogens is 290 g/mol. The van der Waals surface area contributed by atoms with Gasteiger partial charge in [0.15, 0.2) is 0 Å². The van der Waals surface area contributed by atoms with Crippen molar-refractivity contribution in [2.75, 3.05) is 0 Å². The van der Waals surface area contributed by atoms with E-state index < -0.39 is 0 Å². The number of thiophene rings is 1. The molecule has 1 aromatic heterocycles. The normalized spacial score (nSPS) is 14.5. The molecule has 0 unspecified atom stereocenters. The van der Waals surface area contributed by atoms with Gasteiger partial charge in [-0.2, -0.15) is 0 Å². The first kappa shape index (κ1) is 13.9. The Hall–Kier alpha value is -1.03. The number of ether oxygens (including phenoxy) is 1. The predicted molar refractivity (Wildman–Crippen MR) is 84.7 cm³/mol. The SMILES string of the molecule is Cc1sc(CNC2CC2)cc1COc1ccc(Cl)cc1. The highest BCUT2D eigenvalue weighted by Gasteiger charge is 2.20. The van der Waals surface area contributed by atoms with Crippen molar-refractivity contribution in [3.63, 3.8) is 0 Å². The summed E-state index contributed by atoms with van der Waals surface area (Å²) in [6.07, 6.45) is 2.66. The molecule has 1 N–H and O–H groups in total. The summed E-state index contributed by atoms with van der Waals surface area (Å²) in [6.45, 7) is 3.76. The van der Waals surface area contributed by atoms with E-state index in [2.05, 4.69) is 18.3 Å². The van der Waals surface area contributed by atoms with Gasteiger partial charge < -0.3 is 10.1 Å². The number of aryl methyl sites for hydroxylation is 1. The second kappa shape index (κ2) is 6.17. The molecule has 0 radical (unpaired) electrons. The van der Waals surface area contributed by atoms with Crippen molar-refractivity contribution < 1.29 is 4.74 Å². The molecule has 0 saturated heterocycles. The molecule has 1 saturated carbocycles. The lowest BCUT2D eigenvalue weighted by Gasteiger charge is -2.05. The minimum absolute atomic E-state index is 0.618. The van der Waals surface area contributed by atoms with Crippen molar-refractivity contribution in [2.24, 2.45) is 0 Å². The molecule has 1 aliphatic carbocycles. The van der Waals surface area contributed by atoms with E-state index in [1.165, 1.54) is 28.2 Å². The van der Waals surface area contributed by atoms with Crippen molar-refractivity contribution >= 4 is 22.9 Å². The van der Waals surface area contributed by atoms with Gasteiger partial charge in [-0.1, -0.05) is 11.6 Å². The number of halogens is 1. The number of hydrogen-bond acceptors (Lipinski definition) is 3. The summed E-state index contributed by atoms with van der Waals surface area (Å²) < 4.78 is 5.81. The van der Waals surface area contributed by atoms with Crippen LogP contribution in [0.3, 0.4) is 0 Å². The average molecular weight is 308 g/mol. The summed E-state index contributed by atoms with van der Waals surface area (Å²) in [7, 11) is 0. The van der Waals surface area contributed by atoms with Crippen molar-refractivity contribution in [1.82, 2.24) is 5.32 Å². The van der Waals surface area contributed by atoms with Crippen LogP contribution in [0.5, 0.6) is 5.75 Å². The molecule has 1 fully saturated rings. The lowest BCUT2D eigenvalue weighted by Crippen LogP contribution is -2.14. The van der Waals surface area contributed by atoms with Gasteiger partial charge in [-0.3, -0.25) is 0 Å². The highest BCUT2D eigenvalue weighted by atomic mass is 35.5. The zero-order valence-corrected chi connectivity index (χ0v) is 13.1. The molecule has 1 heterocycles. The Bertz CT molecular complexity index is 575. The molecule has 2 aromatic rings. The third-order valence-electron chi connectivity index (χ3n) is 3.42. The Labute approximate surface area is 128 Å². The fourth-order valence-corrected chi connectivity index (χ4v) is 3.17. The molecule has 0 amide bonds. The maximum Gasteiger partial charge on any atom is 0.119 e. The Morgan fingerprint density at radius 1 is 1.30 bits per heavy atom. The van der Waals surface area contributed by atoms with E-state index in [-0.39, 0.29) is 0 Å². The molecule has 2 nitrogen and oxygen atoms in total. The quantitative estimate of drug-likeness (QED) is 0.846. The first-order chi connectivity index (χ1) is 9.70. The van der Waals surface area contributed by atoms with Gasteiger partial charge in [-0.05, 0) is 50.1 Å². The van der Waals surface area contributed by atoms with Gasteiger partial charge in [-0.25, -0.2) is 0 Å². The molecule has 3 rings (SSSR count). The van der Waals surface area contributed by atoms with Gasteiger partial charge >= 0.3 is 0 Å². The highest BCUT2D eigenvalue weighted by molar-refractivity contribution is 7.12. The summed E-state index contributed by atoms with van der Waals surface area (Å²) in [5.41, 5.74) is 1.28. The maximum atomic E-state index is 5.86. The minimum Gasteiger partial charge on any atom is -0.489 e. The standard InChI is InChI=1S/C16H18ClNOS/c1-11-12(8-16(20-11)9-18-14-4-5-14)10-19-15-6-2-13(17)3-7-15/h2-3,6-8,14,18H,4-5,9-10H2,1H3. The summed E-state index contributed by atoms with van der Waals surface area (Å²) in [6, 6.07) is 10.5. The van der Waals surface area contributed by atoms with Crippen LogP contribution in [0.25, 0.3) is 0 Å². The van der Waals surface area contributed by atoms with Gasteiger partial charge in [0.05, 0.1) is 0 Å². The summed E-state index contributed by atoms with van der Waals surface area (Å²) >= 11 is 7.72. The molecule has 20 heavy (non-hydrogen) atoms. The zero-order valence-electron chi connectivity index (χ0n) is 11.5. The Kier molecular flexibility index (Phi) is 4.29. The molecule has 0 aliphatic heterocycles. The largest absolute Gasteiger partial charge is 0.489 e. The molecule has 106 valence electrons. The van der Waals surface area contributed by atoms with E-state index in [0.29, 0.717) is 6.61 Å². The highest BCUT2D eigenvalue weighted by Crippen LogP contribution is 2.25. The van der Waals surface area contributed by atoms with E-state index in [1.54, 1.807) is 0 Å². The van der Waals surface area contributed by atoms with Gasteiger partial charge in [0.2, 0.25) is 0 Å². The van der Waals surface area contributed by atoms with Crippen LogP contribution in [0.2, 0.25) is 5.02 Å². The second-order valence-electron chi connectivity index (χ2n) is 5.19. The van der Waals surface area contributed by atoms with E-state index >= 15 is 0 Å². The van der Waals surface area contributed by atoms with Crippen LogP contribution >= 0.6 is 22.9 Å². The van der Waals surface area contributed by atoms with Gasteiger partial charge in [0, 0.05) is 32.9 Å². The van der Waals surface area contributed by atoms with Gasteiger partial charge in [0.25, 0.3) is 0 Å². The predicted octanol–water partition coefficient (Wildman–Crippen LogP) is 4.54. The molecule has 0 spiro atoms. The lowest BCUT2D eigenvalue weighted by atomic mass is 10.2. The molecule has 0 atom stereocenters. The summed E-state index contributed by atoms with van der Waals surface area (Å²) in [5.74, 6) is 0.859. The second-order valence-corrected chi connectivity index (χ2v) is 6.97. The number of rotatable bonds is 6. The van der Waals surface area contributed by atoms with Crippen LogP contribution in [0.15, 0.2) is 30.3 Å². The molecule has 1 aromatic carbocycles. The van der Waals surface area contributed by atoms with Crippen LogP contribution in [0.1, 0.15) is 28.2 Å². The van der Waals surface area contributed by atoms with Crippen LogP contribution < -0.4 is 10.1 Å². The molecule has 1 aliphatic rings. The molecule has 4 heteroatoms. The smallest absolute Gasteiger partial charge is 0.119 e. The van der Waals surface area contributed by atoms with Crippen molar-refractivity contribution in [1.29, 1.82) is 0 Å². The van der Waals surface area contributed by atoms with E-state index in [0.717, 1.165) is 23.4 Å². The Morgan fingerprint density at radius 2 is 2.05 bits per heavy atom. The number of benzene rings is 1. The topological polar surface area (TPSA) is 21.3 Å². The Morgan fingerprint density at radius 3 is 2.75 bits per heavy atom. The van der Waals surface area contributed by atoms with E-state index in [1.807, 2.05) is 35.6 Å². The number of nitrogens with one attached hydrogen (secondary N) is 1. The van der Waals surface area contributed by atoms with Crippen molar-refractivity contribution in [3.05, 3.63) is 50.7 Å². The molecular formula is C16H18ClNOS. The monoisotopic (exact) mass is 307 g/mol. The van der Waals surface area contributed by atoms with Crippen LogP contribution in [0, 0.1) is 6.92 Å². The summed E-state index contributed by atoms with van der Waals surface area (Å²) in [4.78, 5) is 2.73. The minimum atomic E-state index is 0.618. The van der Waals surface area contributed by atoms with Crippen molar-refractivity contribution in [3.8, 4) is 5.75 Å².